The van der Waals surface area contributed by atoms with E-state index in [1.807, 2.05) is 58.0 Å². The molecular formula is C27H32N2O5S. The van der Waals surface area contributed by atoms with Gasteiger partial charge in [0, 0.05) is 0 Å². The Morgan fingerprint density at radius 2 is 1.54 bits per heavy atom. The second kappa shape index (κ2) is 11.8. The number of hydrogen-bond acceptors (Lipinski definition) is 5. The molecule has 3 rings (SSSR count). The normalized spacial score (nSPS) is 11.1. The Balaban J connectivity index is 1.71. The molecule has 0 aliphatic heterocycles. The number of aryl methyl sites for hydroxylation is 3. The van der Waals surface area contributed by atoms with E-state index in [1.165, 1.54) is 12.1 Å². The predicted octanol–water partition coefficient (Wildman–Crippen LogP) is 4.40. The van der Waals surface area contributed by atoms with Gasteiger partial charge in [-0.1, -0.05) is 29.8 Å². The highest BCUT2D eigenvalue weighted by atomic mass is 32.2. The van der Waals surface area contributed by atoms with Crippen LogP contribution in [0.1, 0.15) is 23.6 Å². The van der Waals surface area contributed by atoms with Crippen molar-refractivity contribution in [2.45, 2.75) is 32.6 Å². The summed E-state index contributed by atoms with van der Waals surface area (Å²) in [6.45, 7) is 8.35. The first-order valence-corrected chi connectivity index (χ1v) is 12.9. The van der Waals surface area contributed by atoms with E-state index in [9.17, 15) is 13.2 Å². The molecule has 0 saturated carbocycles. The van der Waals surface area contributed by atoms with Gasteiger partial charge in [0.15, 0.2) is 0 Å². The van der Waals surface area contributed by atoms with E-state index in [4.69, 9.17) is 9.47 Å². The largest absolute Gasteiger partial charge is 0.494 e. The molecule has 3 aromatic carbocycles. The minimum atomic E-state index is -3.99. The van der Waals surface area contributed by atoms with Crippen molar-refractivity contribution in [3.63, 3.8) is 0 Å². The van der Waals surface area contributed by atoms with Gasteiger partial charge < -0.3 is 14.8 Å². The number of anilines is 1. The van der Waals surface area contributed by atoms with E-state index in [0.29, 0.717) is 18.0 Å². The Morgan fingerprint density at radius 1 is 0.886 bits per heavy atom. The molecule has 0 bridgehead atoms. The van der Waals surface area contributed by atoms with Crippen molar-refractivity contribution in [1.82, 2.24) is 5.32 Å². The second-order valence-electron chi connectivity index (χ2n) is 8.22. The summed E-state index contributed by atoms with van der Waals surface area (Å²) in [5, 5.41) is 2.76. The standard InChI is InChI=1S/C27H32N2O5S/c1-5-33-24-12-14-25(15-13-24)35(31,32)29(23-10-7-20(2)8-11-23)19-27(30)28-16-17-34-26-18-21(3)6-9-22(26)4/h6-15,18H,5,16-17,19H2,1-4H3,(H,28,30). The lowest BCUT2D eigenvalue weighted by atomic mass is 10.1. The molecule has 0 saturated heterocycles. The van der Waals surface area contributed by atoms with Gasteiger partial charge in [0.1, 0.15) is 24.7 Å². The third-order valence-corrected chi connectivity index (χ3v) is 7.15. The molecule has 1 amide bonds. The number of nitrogens with zero attached hydrogens (tertiary/aromatic N) is 1. The summed E-state index contributed by atoms with van der Waals surface area (Å²) in [5.74, 6) is 0.915. The smallest absolute Gasteiger partial charge is 0.264 e. The molecule has 0 aliphatic carbocycles. The summed E-state index contributed by atoms with van der Waals surface area (Å²) >= 11 is 0. The molecule has 7 nitrogen and oxygen atoms in total. The number of rotatable bonds is 11. The fourth-order valence-electron chi connectivity index (χ4n) is 3.43. The van der Waals surface area contributed by atoms with Gasteiger partial charge in [-0.3, -0.25) is 9.10 Å². The molecule has 186 valence electrons. The maximum atomic E-state index is 13.5. The van der Waals surface area contributed by atoms with E-state index < -0.39 is 15.9 Å². The van der Waals surface area contributed by atoms with Crippen LogP contribution in [0.25, 0.3) is 0 Å². The minimum absolute atomic E-state index is 0.0765. The molecule has 0 radical (unpaired) electrons. The van der Waals surface area contributed by atoms with Gasteiger partial charge in [-0.15, -0.1) is 0 Å². The van der Waals surface area contributed by atoms with Crippen LogP contribution < -0.4 is 19.1 Å². The monoisotopic (exact) mass is 496 g/mol. The van der Waals surface area contributed by atoms with Crippen molar-refractivity contribution in [2.24, 2.45) is 0 Å². The Bertz CT molecular complexity index is 1240. The molecule has 0 fully saturated rings. The summed E-state index contributed by atoms with van der Waals surface area (Å²) in [4.78, 5) is 12.8. The molecule has 8 heteroatoms. The molecule has 0 spiro atoms. The van der Waals surface area contributed by atoms with E-state index in [2.05, 4.69) is 5.32 Å². The summed E-state index contributed by atoms with van der Waals surface area (Å²) < 4.78 is 39.3. The van der Waals surface area contributed by atoms with Crippen molar-refractivity contribution in [2.75, 3.05) is 30.6 Å². The van der Waals surface area contributed by atoms with E-state index in [1.54, 1.807) is 24.3 Å². The molecule has 0 heterocycles. The molecular weight excluding hydrogens is 464 g/mol. The zero-order chi connectivity index (χ0) is 25.4. The van der Waals surface area contributed by atoms with Gasteiger partial charge in [0.05, 0.1) is 23.7 Å². The van der Waals surface area contributed by atoms with E-state index in [-0.39, 0.29) is 24.6 Å². The molecule has 35 heavy (non-hydrogen) atoms. The predicted molar refractivity (Wildman–Crippen MR) is 138 cm³/mol. The summed E-state index contributed by atoms with van der Waals surface area (Å²) in [6, 6.07) is 19.1. The second-order valence-corrected chi connectivity index (χ2v) is 10.1. The highest BCUT2D eigenvalue weighted by Gasteiger charge is 2.27. The van der Waals surface area contributed by atoms with Gasteiger partial charge in [-0.05, 0) is 81.3 Å². The van der Waals surface area contributed by atoms with Gasteiger partial charge in [-0.2, -0.15) is 0 Å². The fraction of sp³-hybridized carbons (Fsp3) is 0.296. The average Bonchev–Trinajstić information content (AvgIpc) is 2.83. The average molecular weight is 497 g/mol. The third kappa shape index (κ3) is 6.99. The maximum Gasteiger partial charge on any atom is 0.264 e. The van der Waals surface area contributed by atoms with Crippen molar-refractivity contribution in [1.29, 1.82) is 0 Å². The number of ether oxygens (including phenoxy) is 2. The van der Waals surface area contributed by atoms with Crippen molar-refractivity contribution < 1.29 is 22.7 Å². The quantitative estimate of drug-likeness (QED) is 0.398. The van der Waals surface area contributed by atoms with Crippen LogP contribution in [0, 0.1) is 20.8 Å². The zero-order valence-corrected chi connectivity index (χ0v) is 21.4. The highest BCUT2D eigenvalue weighted by Crippen LogP contribution is 2.25. The van der Waals surface area contributed by atoms with E-state index >= 15 is 0 Å². The molecule has 0 atom stereocenters. The lowest BCUT2D eigenvalue weighted by Crippen LogP contribution is -2.41. The highest BCUT2D eigenvalue weighted by molar-refractivity contribution is 7.92. The minimum Gasteiger partial charge on any atom is -0.494 e. The molecule has 1 N–H and O–H groups in total. The van der Waals surface area contributed by atoms with Crippen molar-refractivity contribution >= 4 is 21.6 Å². The van der Waals surface area contributed by atoms with E-state index in [0.717, 1.165) is 26.7 Å². The fourth-order valence-corrected chi connectivity index (χ4v) is 4.85. The third-order valence-electron chi connectivity index (χ3n) is 5.36. The lowest BCUT2D eigenvalue weighted by molar-refractivity contribution is -0.119. The van der Waals surface area contributed by atoms with Crippen LogP contribution in [0.5, 0.6) is 11.5 Å². The Kier molecular flexibility index (Phi) is 8.76. The Hall–Kier alpha value is -3.52. The number of amides is 1. The maximum absolute atomic E-state index is 13.5. The van der Waals surface area contributed by atoms with Crippen LogP contribution >= 0.6 is 0 Å². The number of carbonyl (C=O) groups is 1. The number of hydrogen-bond donors (Lipinski definition) is 1. The lowest BCUT2D eigenvalue weighted by Gasteiger charge is -2.24. The van der Waals surface area contributed by atoms with Gasteiger partial charge in [0.2, 0.25) is 5.91 Å². The van der Waals surface area contributed by atoms with Gasteiger partial charge in [0.25, 0.3) is 10.0 Å². The SMILES string of the molecule is CCOc1ccc(S(=O)(=O)N(CC(=O)NCCOc2cc(C)ccc2C)c2ccc(C)cc2)cc1. The van der Waals surface area contributed by atoms with Crippen LogP contribution in [-0.4, -0.2) is 40.6 Å². The van der Waals surface area contributed by atoms with Gasteiger partial charge in [-0.25, -0.2) is 8.42 Å². The van der Waals surface area contributed by atoms with Gasteiger partial charge >= 0.3 is 0 Å². The summed E-state index contributed by atoms with van der Waals surface area (Å²) in [6.07, 6.45) is 0. The first-order chi connectivity index (χ1) is 16.7. The number of benzene rings is 3. The van der Waals surface area contributed by atoms with Crippen LogP contribution in [-0.2, 0) is 14.8 Å². The molecule has 0 unspecified atom stereocenters. The number of nitrogens with one attached hydrogen (secondary N) is 1. The van der Waals surface area contributed by atoms with Crippen LogP contribution in [0.15, 0.2) is 71.6 Å². The van der Waals surface area contributed by atoms with Crippen LogP contribution in [0.4, 0.5) is 5.69 Å². The Morgan fingerprint density at radius 3 is 2.20 bits per heavy atom. The van der Waals surface area contributed by atoms with Crippen molar-refractivity contribution in [3.8, 4) is 11.5 Å². The summed E-state index contributed by atoms with van der Waals surface area (Å²) in [7, 11) is -3.99. The van der Waals surface area contributed by atoms with Crippen LogP contribution in [0.2, 0.25) is 0 Å². The first-order valence-electron chi connectivity index (χ1n) is 11.5. The Labute approximate surface area is 207 Å². The molecule has 0 aliphatic rings. The van der Waals surface area contributed by atoms with Crippen LogP contribution in [0.3, 0.4) is 0 Å². The topological polar surface area (TPSA) is 84.9 Å². The molecule has 3 aromatic rings. The number of sulfonamides is 1. The number of carbonyl (C=O) groups excluding carboxylic acids is 1. The summed E-state index contributed by atoms with van der Waals surface area (Å²) in [5.41, 5.74) is 3.49. The zero-order valence-electron chi connectivity index (χ0n) is 20.6. The molecule has 0 aromatic heterocycles. The first kappa shape index (κ1) is 26.1. The van der Waals surface area contributed by atoms with Crippen molar-refractivity contribution in [3.05, 3.63) is 83.4 Å².